The zero-order valence-corrected chi connectivity index (χ0v) is 13.5. The first-order chi connectivity index (χ1) is 10.6. The first-order valence-electron chi connectivity index (χ1n) is 7.60. The van der Waals surface area contributed by atoms with E-state index in [0.717, 1.165) is 31.2 Å². The number of hydrogen-bond donors (Lipinski definition) is 0. The second-order valence-corrected chi connectivity index (χ2v) is 7.52. The third-order valence-electron chi connectivity index (χ3n) is 3.96. The molecule has 5 nitrogen and oxygen atoms in total. The molecule has 0 amide bonds. The van der Waals surface area contributed by atoms with Crippen molar-refractivity contribution in [3.63, 3.8) is 0 Å². The molecule has 0 aliphatic carbocycles. The fourth-order valence-electron chi connectivity index (χ4n) is 2.72. The summed E-state index contributed by atoms with van der Waals surface area (Å²) in [6.07, 6.45) is 5.74. The van der Waals surface area contributed by atoms with Crippen LogP contribution >= 0.6 is 0 Å². The molecule has 1 aliphatic heterocycles. The minimum absolute atomic E-state index is 0.342. The summed E-state index contributed by atoms with van der Waals surface area (Å²) in [6, 6.07) is 6.83. The molecule has 0 unspecified atom stereocenters. The van der Waals surface area contributed by atoms with Crippen LogP contribution in [0.15, 0.2) is 39.8 Å². The van der Waals surface area contributed by atoms with Gasteiger partial charge in [0, 0.05) is 25.6 Å². The van der Waals surface area contributed by atoms with Crippen molar-refractivity contribution in [2.45, 2.75) is 37.5 Å². The van der Waals surface area contributed by atoms with E-state index in [2.05, 4.69) is 4.98 Å². The fraction of sp³-hybridized carbons (Fsp3) is 0.438. The fourth-order valence-corrected chi connectivity index (χ4v) is 4.23. The molecule has 1 aliphatic rings. The van der Waals surface area contributed by atoms with Crippen LogP contribution in [-0.4, -0.2) is 30.8 Å². The molecule has 1 fully saturated rings. The van der Waals surface area contributed by atoms with Gasteiger partial charge >= 0.3 is 0 Å². The Kier molecular flexibility index (Phi) is 4.31. The molecule has 0 atom stereocenters. The number of oxazole rings is 1. The van der Waals surface area contributed by atoms with Crippen molar-refractivity contribution < 1.29 is 12.8 Å². The molecule has 0 N–H and O–H groups in total. The van der Waals surface area contributed by atoms with Gasteiger partial charge < -0.3 is 4.42 Å². The molecule has 2 heterocycles. The minimum Gasteiger partial charge on any atom is -0.441 e. The van der Waals surface area contributed by atoms with Crippen LogP contribution in [0.2, 0.25) is 0 Å². The lowest BCUT2D eigenvalue weighted by atomic mass is 10.2. The van der Waals surface area contributed by atoms with Crippen molar-refractivity contribution >= 4 is 10.0 Å². The van der Waals surface area contributed by atoms with Crippen molar-refractivity contribution in [2.24, 2.45) is 0 Å². The van der Waals surface area contributed by atoms with Crippen LogP contribution in [0.5, 0.6) is 0 Å². The average Bonchev–Trinajstić information content (AvgIpc) is 2.77. The zero-order chi connectivity index (χ0) is 15.6. The topological polar surface area (TPSA) is 63.4 Å². The quantitative estimate of drug-likeness (QED) is 0.871. The summed E-state index contributed by atoms with van der Waals surface area (Å²) in [6.45, 7) is 3.01. The molecule has 118 valence electrons. The summed E-state index contributed by atoms with van der Waals surface area (Å²) < 4.78 is 32.4. The standard InChI is InChI=1S/C16H20N2O3S/c1-13-17-12-16(21-13)14-6-8-15(9-7-14)22(19,20)18-10-4-2-3-5-11-18/h6-9,12H,2-5,10-11H2,1H3. The van der Waals surface area contributed by atoms with Gasteiger partial charge in [0.05, 0.1) is 11.1 Å². The van der Waals surface area contributed by atoms with Gasteiger partial charge in [0.2, 0.25) is 10.0 Å². The van der Waals surface area contributed by atoms with Crippen molar-refractivity contribution in [2.75, 3.05) is 13.1 Å². The minimum atomic E-state index is -3.39. The average molecular weight is 320 g/mol. The molecule has 0 spiro atoms. The van der Waals surface area contributed by atoms with E-state index in [-0.39, 0.29) is 0 Å². The number of hydrogen-bond acceptors (Lipinski definition) is 4. The van der Waals surface area contributed by atoms with Gasteiger partial charge in [-0.1, -0.05) is 12.8 Å². The van der Waals surface area contributed by atoms with Crippen LogP contribution in [0.3, 0.4) is 0 Å². The lowest BCUT2D eigenvalue weighted by molar-refractivity contribution is 0.423. The van der Waals surface area contributed by atoms with Crippen molar-refractivity contribution in [3.8, 4) is 11.3 Å². The van der Waals surface area contributed by atoms with Crippen LogP contribution in [0.25, 0.3) is 11.3 Å². The maximum Gasteiger partial charge on any atom is 0.243 e. The molecule has 0 radical (unpaired) electrons. The number of sulfonamides is 1. The summed E-state index contributed by atoms with van der Waals surface area (Å²) in [5.74, 6) is 1.24. The van der Waals surface area contributed by atoms with E-state index in [1.165, 1.54) is 0 Å². The van der Waals surface area contributed by atoms with Crippen LogP contribution in [0, 0.1) is 6.92 Å². The van der Waals surface area contributed by atoms with E-state index in [0.29, 0.717) is 29.6 Å². The molecule has 1 aromatic heterocycles. The molecule has 1 aromatic carbocycles. The number of benzene rings is 1. The second-order valence-electron chi connectivity index (χ2n) is 5.59. The van der Waals surface area contributed by atoms with Gasteiger partial charge in [-0.05, 0) is 37.1 Å². The van der Waals surface area contributed by atoms with Crippen LogP contribution in [-0.2, 0) is 10.0 Å². The predicted octanol–water partition coefficient (Wildman–Crippen LogP) is 3.21. The molecular weight excluding hydrogens is 300 g/mol. The molecule has 6 heteroatoms. The van der Waals surface area contributed by atoms with Crippen molar-refractivity contribution in [1.82, 2.24) is 9.29 Å². The Hall–Kier alpha value is -1.66. The highest BCUT2D eigenvalue weighted by molar-refractivity contribution is 7.89. The Labute approximate surface area is 131 Å². The molecule has 0 saturated carbocycles. The first kappa shape index (κ1) is 15.2. The molecule has 22 heavy (non-hydrogen) atoms. The van der Waals surface area contributed by atoms with Gasteiger partial charge in [0.15, 0.2) is 11.7 Å². The highest BCUT2D eigenvalue weighted by Gasteiger charge is 2.25. The van der Waals surface area contributed by atoms with E-state index in [1.807, 2.05) is 0 Å². The van der Waals surface area contributed by atoms with E-state index >= 15 is 0 Å². The Morgan fingerprint density at radius 1 is 1.05 bits per heavy atom. The lowest BCUT2D eigenvalue weighted by Crippen LogP contribution is -2.31. The third kappa shape index (κ3) is 3.08. The normalized spacial score (nSPS) is 17.3. The number of rotatable bonds is 3. The summed E-state index contributed by atoms with van der Waals surface area (Å²) in [5, 5.41) is 0. The Morgan fingerprint density at radius 2 is 1.68 bits per heavy atom. The van der Waals surface area contributed by atoms with Crippen LogP contribution < -0.4 is 0 Å². The lowest BCUT2D eigenvalue weighted by Gasteiger charge is -2.19. The van der Waals surface area contributed by atoms with Crippen LogP contribution in [0.4, 0.5) is 0 Å². The monoisotopic (exact) mass is 320 g/mol. The SMILES string of the molecule is Cc1ncc(-c2ccc(S(=O)(=O)N3CCCCCC3)cc2)o1. The molecular formula is C16H20N2O3S. The second kappa shape index (κ2) is 6.22. The first-order valence-corrected chi connectivity index (χ1v) is 9.04. The number of aromatic nitrogens is 1. The van der Waals surface area contributed by atoms with Crippen molar-refractivity contribution in [3.05, 3.63) is 36.4 Å². The number of nitrogens with zero attached hydrogens (tertiary/aromatic N) is 2. The molecule has 3 rings (SSSR count). The Bertz CT molecular complexity index is 727. The maximum absolute atomic E-state index is 12.7. The Morgan fingerprint density at radius 3 is 2.23 bits per heavy atom. The van der Waals surface area contributed by atoms with Crippen molar-refractivity contribution in [1.29, 1.82) is 0 Å². The highest BCUT2D eigenvalue weighted by atomic mass is 32.2. The Balaban J connectivity index is 1.85. The molecule has 2 aromatic rings. The van der Waals surface area contributed by atoms with Gasteiger partial charge in [-0.15, -0.1) is 0 Å². The van der Waals surface area contributed by atoms with Gasteiger partial charge in [-0.25, -0.2) is 13.4 Å². The van der Waals surface area contributed by atoms with Gasteiger partial charge in [0.25, 0.3) is 0 Å². The summed E-state index contributed by atoms with van der Waals surface area (Å²) in [4.78, 5) is 4.40. The third-order valence-corrected chi connectivity index (χ3v) is 5.88. The van der Waals surface area contributed by atoms with Crippen LogP contribution in [0.1, 0.15) is 31.6 Å². The number of aryl methyl sites for hydroxylation is 1. The zero-order valence-electron chi connectivity index (χ0n) is 12.7. The highest BCUT2D eigenvalue weighted by Crippen LogP contribution is 2.24. The van der Waals surface area contributed by atoms with E-state index in [4.69, 9.17) is 4.42 Å². The summed E-state index contributed by atoms with van der Waals surface area (Å²) in [5.41, 5.74) is 0.829. The van der Waals surface area contributed by atoms with E-state index in [9.17, 15) is 8.42 Å². The van der Waals surface area contributed by atoms with Gasteiger partial charge in [0.1, 0.15) is 0 Å². The maximum atomic E-state index is 12.7. The summed E-state index contributed by atoms with van der Waals surface area (Å²) >= 11 is 0. The molecule has 0 bridgehead atoms. The largest absolute Gasteiger partial charge is 0.441 e. The smallest absolute Gasteiger partial charge is 0.243 e. The van der Waals surface area contributed by atoms with Gasteiger partial charge in [-0.2, -0.15) is 4.31 Å². The predicted molar refractivity (Wildman–Crippen MR) is 83.9 cm³/mol. The molecule has 1 saturated heterocycles. The van der Waals surface area contributed by atoms with Gasteiger partial charge in [-0.3, -0.25) is 0 Å². The summed E-state index contributed by atoms with van der Waals surface area (Å²) in [7, 11) is -3.39. The van der Waals surface area contributed by atoms with E-state index in [1.54, 1.807) is 41.7 Å². The van der Waals surface area contributed by atoms with E-state index < -0.39 is 10.0 Å².